The van der Waals surface area contributed by atoms with Crippen molar-refractivity contribution in [2.75, 3.05) is 18.1 Å². The lowest BCUT2D eigenvalue weighted by Crippen LogP contribution is -2.27. The van der Waals surface area contributed by atoms with Crippen LogP contribution in [0.5, 0.6) is 0 Å². The summed E-state index contributed by atoms with van der Waals surface area (Å²) < 4.78 is 0.716. The predicted molar refractivity (Wildman–Crippen MR) is 82.0 cm³/mol. The predicted octanol–water partition coefficient (Wildman–Crippen LogP) is 2.22. The maximum Gasteiger partial charge on any atom is 0.268 e. The molecule has 2 aromatic heterocycles. The summed E-state index contributed by atoms with van der Waals surface area (Å²) in [5, 5.41) is 5.32. The van der Waals surface area contributed by atoms with E-state index in [1.165, 1.54) is 35.7 Å². The van der Waals surface area contributed by atoms with Crippen molar-refractivity contribution in [3.63, 3.8) is 0 Å². The lowest BCUT2D eigenvalue weighted by molar-refractivity contribution is 0.444. The van der Waals surface area contributed by atoms with E-state index in [2.05, 4.69) is 15.3 Å². The first-order valence-corrected chi connectivity index (χ1v) is 8.61. The van der Waals surface area contributed by atoms with Gasteiger partial charge in [-0.1, -0.05) is 0 Å². The van der Waals surface area contributed by atoms with E-state index in [-0.39, 0.29) is 5.56 Å². The van der Waals surface area contributed by atoms with Crippen molar-refractivity contribution in [2.45, 2.75) is 19.4 Å². The van der Waals surface area contributed by atoms with Crippen LogP contribution in [0.15, 0.2) is 16.2 Å². The van der Waals surface area contributed by atoms with Crippen LogP contribution in [0.3, 0.4) is 0 Å². The van der Waals surface area contributed by atoms with Crippen LogP contribution in [0.2, 0.25) is 0 Å². The summed E-state index contributed by atoms with van der Waals surface area (Å²) in [7, 11) is 0. The van der Waals surface area contributed by atoms with Crippen molar-refractivity contribution in [1.82, 2.24) is 15.3 Å². The van der Waals surface area contributed by atoms with E-state index in [1.807, 2.05) is 23.2 Å². The monoisotopic (exact) mass is 295 g/mol. The lowest BCUT2D eigenvalue weighted by Gasteiger charge is -2.21. The number of thiophene rings is 1. The molecule has 2 N–H and O–H groups in total. The Bertz CT molecular complexity index is 601. The summed E-state index contributed by atoms with van der Waals surface area (Å²) in [6.45, 7) is 1.66. The Kier molecular flexibility index (Phi) is 4.20. The number of nitrogens with zero attached hydrogens (tertiary/aromatic N) is 1. The van der Waals surface area contributed by atoms with E-state index in [0.717, 1.165) is 23.8 Å². The highest BCUT2D eigenvalue weighted by atomic mass is 32.2. The lowest BCUT2D eigenvalue weighted by atomic mass is 10.0. The van der Waals surface area contributed by atoms with Gasteiger partial charge in [0.15, 0.2) is 0 Å². The third-order valence-corrected chi connectivity index (χ3v) is 5.38. The Balaban J connectivity index is 1.60. The number of nitrogens with one attached hydrogen (secondary N) is 2. The molecule has 0 saturated carbocycles. The summed E-state index contributed by atoms with van der Waals surface area (Å²) in [6.07, 6.45) is 2.59. The van der Waals surface area contributed by atoms with Crippen molar-refractivity contribution >= 4 is 33.3 Å². The molecule has 0 aliphatic carbocycles. The molecule has 0 radical (unpaired) electrons. The Morgan fingerprint density at radius 2 is 2.26 bits per heavy atom. The first-order valence-electron chi connectivity index (χ1n) is 6.58. The number of H-pyrrole nitrogens is 1. The number of hydrogen-bond donors (Lipinski definition) is 2. The van der Waals surface area contributed by atoms with Crippen LogP contribution in [0.1, 0.15) is 18.7 Å². The van der Waals surface area contributed by atoms with Gasteiger partial charge in [-0.25, -0.2) is 4.98 Å². The first kappa shape index (κ1) is 13.1. The zero-order valence-electron chi connectivity index (χ0n) is 10.6. The highest BCUT2D eigenvalue weighted by Gasteiger charge is 2.13. The molecule has 102 valence electrons. The highest BCUT2D eigenvalue weighted by Crippen LogP contribution is 2.21. The van der Waals surface area contributed by atoms with Gasteiger partial charge in [-0.15, -0.1) is 11.3 Å². The van der Waals surface area contributed by atoms with Gasteiger partial charge < -0.3 is 10.3 Å². The molecule has 2 aromatic rings. The van der Waals surface area contributed by atoms with E-state index >= 15 is 0 Å². The van der Waals surface area contributed by atoms with Gasteiger partial charge in [-0.2, -0.15) is 11.8 Å². The second-order valence-electron chi connectivity index (χ2n) is 4.83. The number of rotatable bonds is 4. The fraction of sp³-hybridized carbons (Fsp3) is 0.538. The minimum absolute atomic E-state index is 0.0223. The summed E-state index contributed by atoms with van der Waals surface area (Å²) in [5.41, 5.74) is 0.783. The van der Waals surface area contributed by atoms with E-state index in [4.69, 9.17) is 0 Å². The summed E-state index contributed by atoms with van der Waals surface area (Å²) in [5.74, 6) is 4.07. The van der Waals surface area contributed by atoms with E-state index in [0.29, 0.717) is 11.2 Å². The van der Waals surface area contributed by atoms with Crippen LogP contribution in [-0.2, 0) is 6.54 Å². The number of aromatic nitrogens is 2. The van der Waals surface area contributed by atoms with Gasteiger partial charge in [0.25, 0.3) is 5.56 Å². The van der Waals surface area contributed by atoms with E-state index < -0.39 is 0 Å². The number of hydrogen-bond acceptors (Lipinski definition) is 5. The van der Waals surface area contributed by atoms with Crippen molar-refractivity contribution in [1.29, 1.82) is 0 Å². The average molecular weight is 295 g/mol. The van der Waals surface area contributed by atoms with E-state index in [1.54, 1.807) is 0 Å². The van der Waals surface area contributed by atoms with Crippen molar-refractivity contribution in [3.8, 4) is 0 Å². The topological polar surface area (TPSA) is 57.8 Å². The molecule has 19 heavy (non-hydrogen) atoms. The third kappa shape index (κ3) is 3.19. The SMILES string of the molecule is O=c1[nH]c(CNCC2CCSCC2)nc2ccsc12. The maximum absolute atomic E-state index is 11.8. The molecule has 0 unspecified atom stereocenters. The van der Waals surface area contributed by atoms with Gasteiger partial charge in [-0.3, -0.25) is 4.79 Å². The van der Waals surface area contributed by atoms with Crippen LogP contribution < -0.4 is 10.9 Å². The summed E-state index contributed by atoms with van der Waals surface area (Å²) >= 11 is 3.49. The molecule has 4 nitrogen and oxygen atoms in total. The molecule has 3 heterocycles. The molecule has 0 amide bonds. The third-order valence-electron chi connectivity index (χ3n) is 3.43. The molecule has 0 aromatic carbocycles. The number of aromatic amines is 1. The van der Waals surface area contributed by atoms with Crippen LogP contribution in [0, 0.1) is 5.92 Å². The number of fused-ring (bicyclic) bond motifs is 1. The normalized spacial score (nSPS) is 17.1. The molecular formula is C13H17N3OS2. The Hall–Kier alpha value is -0.850. The molecule has 0 bridgehead atoms. The molecule has 1 aliphatic heterocycles. The molecule has 6 heteroatoms. The van der Waals surface area contributed by atoms with Gasteiger partial charge in [0.2, 0.25) is 0 Å². The molecule has 0 atom stereocenters. The quantitative estimate of drug-likeness (QED) is 0.908. The van der Waals surface area contributed by atoms with Crippen LogP contribution in [-0.4, -0.2) is 28.0 Å². The molecule has 3 rings (SSSR count). The first-order chi connectivity index (χ1) is 9.33. The van der Waals surface area contributed by atoms with Crippen LogP contribution in [0.4, 0.5) is 0 Å². The van der Waals surface area contributed by atoms with Crippen molar-refractivity contribution < 1.29 is 0 Å². The Morgan fingerprint density at radius 3 is 3.11 bits per heavy atom. The summed E-state index contributed by atoms with van der Waals surface area (Å²) in [4.78, 5) is 19.1. The van der Waals surface area contributed by atoms with Gasteiger partial charge in [0, 0.05) is 0 Å². The molecule has 1 saturated heterocycles. The highest BCUT2D eigenvalue weighted by molar-refractivity contribution is 7.99. The van der Waals surface area contributed by atoms with Crippen molar-refractivity contribution in [2.24, 2.45) is 5.92 Å². The largest absolute Gasteiger partial charge is 0.310 e. The maximum atomic E-state index is 11.8. The summed E-state index contributed by atoms with van der Waals surface area (Å²) in [6, 6.07) is 1.90. The molecule has 0 spiro atoms. The van der Waals surface area contributed by atoms with Crippen LogP contribution >= 0.6 is 23.1 Å². The zero-order valence-corrected chi connectivity index (χ0v) is 12.3. The molecular weight excluding hydrogens is 278 g/mol. The van der Waals surface area contributed by atoms with Crippen molar-refractivity contribution in [3.05, 3.63) is 27.6 Å². The Labute approximate surface area is 120 Å². The number of thioether (sulfide) groups is 1. The fourth-order valence-corrected chi connectivity index (χ4v) is 4.28. The Morgan fingerprint density at radius 1 is 1.42 bits per heavy atom. The second-order valence-corrected chi connectivity index (χ2v) is 6.98. The van der Waals surface area contributed by atoms with Crippen LogP contribution in [0.25, 0.3) is 10.2 Å². The average Bonchev–Trinajstić information content (AvgIpc) is 2.89. The van der Waals surface area contributed by atoms with Gasteiger partial charge in [0.1, 0.15) is 10.5 Å². The standard InChI is InChI=1S/C13H17N3OS2/c17-13-12-10(3-6-19-12)15-11(16-13)8-14-7-9-1-4-18-5-2-9/h3,6,9,14H,1-2,4-5,7-8H2,(H,15,16,17). The smallest absolute Gasteiger partial charge is 0.268 e. The fourth-order valence-electron chi connectivity index (χ4n) is 2.35. The molecule has 1 fully saturated rings. The van der Waals surface area contributed by atoms with Gasteiger partial charge in [0.05, 0.1) is 12.1 Å². The van der Waals surface area contributed by atoms with Gasteiger partial charge in [-0.05, 0) is 48.3 Å². The minimum Gasteiger partial charge on any atom is -0.310 e. The zero-order chi connectivity index (χ0) is 13.1. The van der Waals surface area contributed by atoms with E-state index in [9.17, 15) is 4.79 Å². The molecule has 1 aliphatic rings. The second kappa shape index (κ2) is 6.07. The van der Waals surface area contributed by atoms with Gasteiger partial charge >= 0.3 is 0 Å². The minimum atomic E-state index is -0.0223.